The van der Waals surface area contributed by atoms with E-state index in [1.165, 1.54) is 0 Å². The summed E-state index contributed by atoms with van der Waals surface area (Å²) in [6.07, 6.45) is 5.27. The first-order valence-electron chi connectivity index (χ1n) is 8.38. The van der Waals surface area contributed by atoms with Crippen LogP contribution in [0.1, 0.15) is 22.1 Å². The zero-order valence-corrected chi connectivity index (χ0v) is 15.9. The molecule has 0 aliphatic carbocycles. The van der Waals surface area contributed by atoms with Crippen LogP contribution in [0.15, 0.2) is 29.8 Å². The molecule has 0 aromatic carbocycles. The van der Waals surface area contributed by atoms with Gasteiger partial charge in [0.25, 0.3) is 6.47 Å². The zero-order valence-electron chi connectivity index (χ0n) is 15.0. The maximum Gasteiger partial charge on any atom is 0.290 e. The quantitative estimate of drug-likeness (QED) is 0.549. The summed E-state index contributed by atoms with van der Waals surface area (Å²) in [5, 5.41) is 16.2. The van der Waals surface area contributed by atoms with Crippen LogP contribution in [-0.2, 0) is 32.2 Å². The Morgan fingerprint density at radius 1 is 1.59 bits per heavy atom. The number of methoxy groups -OCH3 is 1. The maximum atomic E-state index is 12.0. The smallest absolute Gasteiger partial charge is 0.290 e. The van der Waals surface area contributed by atoms with Gasteiger partial charge in [0.05, 0.1) is 38.3 Å². The van der Waals surface area contributed by atoms with Crippen LogP contribution in [0.5, 0.6) is 0 Å². The van der Waals surface area contributed by atoms with Crippen molar-refractivity contribution >= 4 is 29.8 Å². The fraction of sp³-hybridized carbons (Fsp3) is 0.389. The summed E-state index contributed by atoms with van der Waals surface area (Å²) >= 11 is 1.60. The van der Waals surface area contributed by atoms with Crippen molar-refractivity contribution in [3.8, 4) is 0 Å². The summed E-state index contributed by atoms with van der Waals surface area (Å²) in [4.78, 5) is 21.4. The van der Waals surface area contributed by atoms with E-state index in [9.17, 15) is 4.79 Å². The van der Waals surface area contributed by atoms with Crippen LogP contribution >= 0.6 is 11.3 Å². The normalized spacial score (nSPS) is 15.7. The van der Waals surface area contributed by atoms with E-state index in [4.69, 9.17) is 19.4 Å². The van der Waals surface area contributed by atoms with Crippen LogP contribution in [-0.4, -0.2) is 54.1 Å². The standard InChI is InChI=1S/C17H21N3O3S.CH2O2/c1-22-7-6-20-16-12-23-11-13(15(16)10-19-20)9-18-17(21)5-4-14-3-2-8-24-14;2-1-3/h2-5,8,10,13H,6-7,9,11-12H2,1H3,(H,18,21);1H,(H,2,3)/b5-4+;. The summed E-state index contributed by atoms with van der Waals surface area (Å²) in [5.41, 5.74) is 2.23. The van der Waals surface area contributed by atoms with Crippen LogP contribution in [0.4, 0.5) is 0 Å². The van der Waals surface area contributed by atoms with Gasteiger partial charge in [0.2, 0.25) is 5.91 Å². The molecule has 2 N–H and O–H groups in total. The van der Waals surface area contributed by atoms with Gasteiger partial charge in [-0.15, -0.1) is 11.3 Å². The molecule has 9 heteroatoms. The summed E-state index contributed by atoms with van der Waals surface area (Å²) in [7, 11) is 1.68. The first-order chi connectivity index (χ1) is 13.2. The number of rotatable bonds is 7. The number of hydrogen-bond acceptors (Lipinski definition) is 6. The van der Waals surface area contributed by atoms with Gasteiger partial charge in [-0.05, 0) is 17.5 Å². The molecule has 1 aliphatic heterocycles. The summed E-state index contributed by atoms with van der Waals surface area (Å²) in [5.74, 6) is 0.0337. The number of hydrogen-bond donors (Lipinski definition) is 2. The van der Waals surface area contributed by atoms with E-state index in [0.717, 1.165) is 16.1 Å². The van der Waals surface area contributed by atoms with Crippen molar-refractivity contribution in [1.29, 1.82) is 0 Å². The molecule has 8 nitrogen and oxygen atoms in total. The molecule has 1 aliphatic rings. The Bertz CT molecular complexity index is 742. The molecule has 0 fully saturated rings. The molecule has 2 aromatic heterocycles. The third kappa shape index (κ3) is 6.31. The molecule has 3 heterocycles. The summed E-state index contributed by atoms with van der Waals surface area (Å²) in [6.45, 7) is 2.76. The molecule has 1 atom stereocenters. The van der Waals surface area contributed by atoms with Crippen molar-refractivity contribution in [3.63, 3.8) is 0 Å². The molecule has 3 rings (SSSR count). The summed E-state index contributed by atoms with van der Waals surface area (Å²) in [6, 6.07) is 3.94. The number of carbonyl (C=O) groups excluding carboxylic acids is 1. The van der Waals surface area contributed by atoms with Crippen LogP contribution in [0.25, 0.3) is 6.08 Å². The van der Waals surface area contributed by atoms with E-state index < -0.39 is 0 Å². The lowest BCUT2D eigenvalue weighted by atomic mass is 9.98. The van der Waals surface area contributed by atoms with Crippen molar-refractivity contribution in [2.24, 2.45) is 0 Å². The lowest BCUT2D eigenvalue weighted by Crippen LogP contribution is -2.31. The Labute approximate surface area is 161 Å². The molecule has 0 bridgehead atoms. The summed E-state index contributed by atoms with van der Waals surface area (Å²) < 4.78 is 12.7. The van der Waals surface area contributed by atoms with Crippen LogP contribution in [0.2, 0.25) is 0 Å². The van der Waals surface area contributed by atoms with E-state index in [1.54, 1.807) is 24.5 Å². The topological polar surface area (TPSA) is 103 Å². The number of thiophene rings is 1. The number of fused-ring (bicyclic) bond motifs is 1. The van der Waals surface area contributed by atoms with Crippen molar-refractivity contribution in [1.82, 2.24) is 15.1 Å². The second kappa shape index (κ2) is 11.3. The van der Waals surface area contributed by atoms with Gasteiger partial charge in [0, 0.05) is 36.1 Å². The third-order valence-corrected chi connectivity index (χ3v) is 4.79. The van der Waals surface area contributed by atoms with Gasteiger partial charge in [0.15, 0.2) is 0 Å². The lowest BCUT2D eigenvalue weighted by Gasteiger charge is -2.23. The van der Waals surface area contributed by atoms with E-state index in [1.807, 2.05) is 34.5 Å². The van der Waals surface area contributed by atoms with Gasteiger partial charge in [-0.3, -0.25) is 14.3 Å². The molecular weight excluding hydrogens is 370 g/mol. The second-order valence-electron chi connectivity index (χ2n) is 5.67. The number of aromatic nitrogens is 2. The Morgan fingerprint density at radius 3 is 3.11 bits per heavy atom. The maximum absolute atomic E-state index is 12.0. The van der Waals surface area contributed by atoms with E-state index in [2.05, 4.69) is 10.4 Å². The Hall–Kier alpha value is -2.49. The number of nitrogens with one attached hydrogen (secondary N) is 1. The molecule has 146 valence electrons. The highest BCUT2D eigenvalue weighted by atomic mass is 32.1. The Kier molecular flexibility index (Phi) is 8.69. The van der Waals surface area contributed by atoms with E-state index in [0.29, 0.717) is 32.9 Å². The van der Waals surface area contributed by atoms with Gasteiger partial charge >= 0.3 is 0 Å². The van der Waals surface area contributed by atoms with Crippen LogP contribution in [0, 0.1) is 0 Å². The minimum Gasteiger partial charge on any atom is -0.483 e. The molecule has 0 radical (unpaired) electrons. The highest BCUT2D eigenvalue weighted by Gasteiger charge is 2.25. The molecule has 0 saturated heterocycles. The molecule has 2 aromatic rings. The second-order valence-corrected chi connectivity index (χ2v) is 6.65. The van der Waals surface area contributed by atoms with Gasteiger partial charge < -0.3 is 19.9 Å². The Morgan fingerprint density at radius 2 is 2.41 bits per heavy atom. The fourth-order valence-electron chi connectivity index (χ4n) is 2.68. The predicted octanol–water partition coefficient (Wildman–Crippen LogP) is 1.74. The van der Waals surface area contributed by atoms with Crippen LogP contribution in [0.3, 0.4) is 0 Å². The Balaban J connectivity index is 0.000000817. The average molecular weight is 393 g/mol. The molecule has 0 saturated carbocycles. The van der Waals surface area contributed by atoms with Crippen molar-refractivity contribution in [3.05, 3.63) is 45.9 Å². The first kappa shape index (κ1) is 20.8. The highest BCUT2D eigenvalue weighted by Crippen LogP contribution is 2.26. The van der Waals surface area contributed by atoms with Gasteiger partial charge in [0.1, 0.15) is 0 Å². The fourth-order valence-corrected chi connectivity index (χ4v) is 3.30. The largest absolute Gasteiger partial charge is 0.483 e. The van der Waals surface area contributed by atoms with E-state index >= 15 is 0 Å². The van der Waals surface area contributed by atoms with Crippen molar-refractivity contribution < 1.29 is 24.2 Å². The SMILES string of the molecule is COCCn1ncc2c1COCC2CNC(=O)/C=C/c1cccs1.O=CO. The predicted molar refractivity (Wildman–Crippen MR) is 102 cm³/mol. The lowest BCUT2D eigenvalue weighted by molar-refractivity contribution is -0.123. The molecule has 27 heavy (non-hydrogen) atoms. The number of carboxylic acid groups (broad SMARTS) is 1. The number of ether oxygens (including phenoxy) is 2. The van der Waals surface area contributed by atoms with Crippen molar-refractivity contribution in [2.75, 3.05) is 26.9 Å². The molecule has 0 spiro atoms. The first-order valence-corrected chi connectivity index (χ1v) is 9.26. The van der Waals surface area contributed by atoms with E-state index in [-0.39, 0.29) is 18.3 Å². The minimum atomic E-state index is -0.250. The minimum absolute atomic E-state index is 0.0951. The average Bonchev–Trinajstić information content (AvgIpc) is 3.33. The van der Waals surface area contributed by atoms with Gasteiger partial charge in [-0.1, -0.05) is 6.07 Å². The van der Waals surface area contributed by atoms with Crippen molar-refractivity contribution in [2.45, 2.75) is 19.1 Å². The monoisotopic (exact) mass is 393 g/mol. The number of nitrogens with zero attached hydrogens (tertiary/aromatic N) is 2. The number of amides is 1. The highest BCUT2D eigenvalue weighted by molar-refractivity contribution is 7.10. The zero-order chi connectivity index (χ0) is 19.5. The molecular formula is C18H23N3O5S. The van der Waals surface area contributed by atoms with Gasteiger partial charge in [-0.25, -0.2) is 0 Å². The molecule has 1 unspecified atom stereocenters. The molecule has 1 amide bonds. The van der Waals surface area contributed by atoms with Crippen LogP contribution < -0.4 is 5.32 Å². The van der Waals surface area contributed by atoms with Gasteiger partial charge in [-0.2, -0.15) is 5.10 Å². The number of carbonyl (C=O) groups is 2. The third-order valence-electron chi connectivity index (χ3n) is 3.95.